The lowest BCUT2D eigenvalue weighted by atomic mass is 10.1. The van der Waals surface area contributed by atoms with Crippen LogP contribution in [0.25, 0.3) is 0 Å². The van der Waals surface area contributed by atoms with Crippen molar-refractivity contribution < 1.29 is 5.11 Å². The molecule has 4 heteroatoms. The SMILES string of the molecule is CC(C)(C)NC[C@@H](O)c1cccc(NC2CCCC2)n1. The Kier molecular flexibility index (Phi) is 5.00. The first-order valence-electron chi connectivity index (χ1n) is 7.61. The second kappa shape index (κ2) is 6.55. The Morgan fingerprint density at radius 1 is 1.30 bits per heavy atom. The Hall–Kier alpha value is -1.13. The standard InChI is InChI=1S/C16H27N3O/c1-16(2,3)17-11-14(20)13-9-6-10-15(19-13)18-12-7-4-5-8-12/h6,9-10,12,14,17,20H,4-5,7-8,11H2,1-3H3,(H,18,19)/t14-/m1/s1. The topological polar surface area (TPSA) is 57.2 Å². The lowest BCUT2D eigenvalue weighted by Crippen LogP contribution is -2.38. The molecule has 0 spiro atoms. The Morgan fingerprint density at radius 3 is 2.65 bits per heavy atom. The average Bonchev–Trinajstić information content (AvgIpc) is 2.88. The number of hydrogen-bond donors (Lipinski definition) is 3. The van der Waals surface area contributed by atoms with Crippen molar-refractivity contribution in [3.05, 3.63) is 23.9 Å². The number of anilines is 1. The van der Waals surface area contributed by atoms with E-state index in [0.717, 1.165) is 11.5 Å². The zero-order valence-electron chi connectivity index (χ0n) is 12.8. The molecule has 0 bridgehead atoms. The van der Waals surface area contributed by atoms with E-state index in [-0.39, 0.29) is 5.54 Å². The van der Waals surface area contributed by atoms with Gasteiger partial charge in [0.05, 0.1) is 5.69 Å². The summed E-state index contributed by atoms with van der Waals surface area (Å²) in [7, 11) is 0. The predicted octanol–water partition coefficient (Wildman–Crippen LogP) is 2.86. The highest BCUT2D eigenvalue weighted by molar-refractivity contribution is 5.37. The molecule has 1 aromatic heterocycles. The van der Waals surface area contributed by atoms with E-state index in [1.165, 1.54) is 25.7 Å². The molecule has 1 heterocycles. The predicted molar refractivity (Wildman–Crippen MR) is 82.8 cm³/mol. The second-order valence-electron chi connectivity index (χ2n) is 6.72. The maximum atomic E-state index is 10.2. The number of rotatable bonds is 5. The van der Waals surface area contributed by atoms with Gasteiger partial charge in [0.2, 0.25) is 0 Å². The summed E-state index contributed by atoms with van der Waals surface area (Å²) < 4.78 is 0. The van der Waals surface area contributed by atoms with Gasteiger partial charge < -0.3 is 15.7 Å². The lowest BCUT2D eigenvalue weighted by molar-refractivity contribution is 0.159. The summed E-state index contributed by atoms with van der Waals surface area (Å²) >= 11 is 0. The van der Waals surface area contributed by atoms with E-state index in [9.17, 15) is 5.11 Å². The van der Waals surface area contributed by atoms with Crippen LogP contribution in [0.5, 0.6) is 0 Å². The molecule has 4 nitrogen and oxygen atoms in total. The van der Waals surface area contributed by atoms with Crippen molar-refractivity contribution in [1.29, 1.82) is 0 Å². The first-order valence-corrected chi connectivity index (χ1v) is 7.61. The van der Waals surface area contributed by atoms with Gasteiger partial charge in [-0.3, -0.25) is 0 Å². The molecule has 1 atom stereocenters. The van der Waals surface area contributed by atoms with Crippen molar-refractivity contribution in [3.8, 4) is 0 Å². The molecule has 0 radical (unpaired) electrons. The number of hydrogen-bond acceptors (Lipinski definition) is 4. The van der Waals surface area contributed by atoms with Crippen LogP contribution < -0.4 is 10.6 Å². The van der Waals surface area contributed by atoms with Crippen LogP contribution in [0.1, 0.15) is 58.3 Å². The molecule has 1 aliphatic carbocycles. The van der Waals surface area contributed by atoms with E-state index in [2.05, 4.69) is 36.4 Å². The van der Waals surface area contributed by atoms with Crippen LogP contribution in [-0.2, 0) is 0 Å². The Morgan fingerprint density at radius 2 is 2.00 bits per heavy atom. The minimum Gasteiger partial charge on any atom is -0.385 e. The fourth-order valence-electron chi connectivity index (χ4n) is 2.50. The highest BCUT2D eigenvalue weighted by Gasteiger charge is 2.17. The van der Waals surface area contributed by atoms with Gasteiger partial charge in [-0.15, -0.1) is 0 Å². The number of β-amino-alcohol motifs (C(OH)–C–C–N with tert-alkyl or cyclic N) is 1. The van der Waals surface area contributed by atoms with E-state index >= 15 is 0 Å². The first kappa shape index (κ1) is 15.3. The van der Waals surface area contributed by atoms with Crippen LogP contribution >= 0.6 is 0 Å². The molecule has 0 saturated heterocycles. The molecule has 1 aliphatic rings. The molecule has 20 heavy (non-hydrogen) atoms. The van der Waals surface area contributed by atoms with Gasteiger partial charge >= 0.3 is 0 Å². The summed E-state index contributed by atoms with van der Waals surface area (Å²) in [5, 5.41) is 17.0. The van der Waals surface area contributed by atoms with Crippen molar-refractivity contribution in [1.82, 2.24) is 10.3 Å². The molecule has 0 unspecified atom stereocenters. The molecule has 112 valence electrons. The van der Waals surface area contributed by atoms with E-state index in [1.807, 2.05) is 18.2 Å². The third-order valence-corrected chi connectivity index (χ3v) is 3.64. The first-order chi connectivity index (χ1) is 9.44. The van der Waals surface area contributed by atoms with Gasteiger partial charge in [-0.25, -0.2) is 4.98 Å². The number of aliphatic hydroxyl groups is 1. The van der Waals surface area contributed by atoms with Crippen LogP contribution in [0, 0.1) is 0 Å². The molecule has 1 aromatic rings. The Bertz CT molecular complexity index is 422. The molecule has 0 amide bonds. The Balaban J connectivity index is 1.94. The Labute approximate surface area is 122 Å². The number of nitrogens with one attached hydrogen (secondary N) is 2. The smallest absolute Gasteiger partial charge is 0.126 e. The minimum absolute atomic E-state index is 0.000682. The quantitative estimate of drug-likeness (QED) is 0.774. The molecular weight excluding hydrogens is 250 g/mol. The van der Waals surface area contributed by atoms with Gasteiger partial charge in [-0.1, -0.05) is 18.9 Å². The summed E-state index contributed by atoms with van der Waals surface area (Å²) in [4.78, 5) is 4.54. The van der Waals surface area contributed by atoms with Crippen LogP contribution in [0.2, 0.25) is 0 Å². The van der Waals surface area contributed by atoms with Crippen LogP contribution in [0.3, 0.4) is 0 Å². The molecule has 1 saturated carbocycles. The summed E-state index contributed by atoms with van der Waals surface area (Å²) in [6.07, 6.45) is 4.48. The van der Waals surface area contributed by atoms with Crippen LogP contribution in [0.4, 0.5) is 5.82 Å². The van der Waals surface area contributed by atoms with E-state index in [1.54, 1.807) is 0 Å². The normalized spacial score (nSPS) is 18.2. The fourth-order valence-corrected chi connectivity index (χ4v) is 2.50. The molecule has 3 N–H and O–H groups in total. The van der Waals surface area contributed by atoms with Crippen molar-refractivity contribution in [2.45, 2.75) is 64.1 Å². The zero-order chi connectivity index (χ0) is 14.6. The number of pyridine rings is 1. The van der Waals surface area contributed by atoms with Gasteiger partial charge in [0.1, 0.15) is 11.9 Å². The van der Waals surface area contributed by atoms with E-state index in [4.69, 9.17) is 0 Å². The minimum atomic E-state index is -0.570. The number of aliphatic hydroxyl groups excluding tert-OH is 1. The van der Waals surface area contributed by atoms with Crippen molar-refractivity contribution in [2.75, 3.05) is 11.9 Å². The van der Waals surface area contributed by atoms with Crippen molar-refractivity contribution in [2.24, 2.45) is 0 Å². The second-order valence-corrected chi connectivity index (χ2v) is 6.72. The average molecular weight is 277 g/mol. The van der Waals surface area contributed by atoms with Gasteiger partial charge in [0.25, 0.3) is 0 Å². The van der Waals surface area contributed by atoms with Gasteiger partial charge in [-0.05, 0) is 45.7 Å². The van der Waals surface area contributed by atoms with Crippen LogP contribution in [-0.4, -0.2) is 28.2 Å². The molecule has 0 aromatic carbocycles. The largest absolute Gasteiger partial charge is 0.385 e. The molecular formula is C16H27N3O. The zero-order valence-corrected chi connectivity index (χ0v) is 12.8. The van der Waals surface area contributed by atoms with Crippen molar-refractivity contribution in [3.63, 3.8) is 0 Å². The summed E-state index contributed by atoms with van der Waals surface area (Å²) in [6, 6.07) is 6.36. The van der Waals surface area contributed by atoms with Gasteiger partial charge in [-0.2, -0.15) is 0 Å². The molecule has 1 fully saturated rings. The van der Waals surface area contributed by atoms with Crippen molar-refractivity contribution >= 4 is 5.82 Å². The number of aromatic nitrogens is 1. The van der Waals surface area contributed by atoms with Gasteiger partial charge in [0.15, 0.2) is 0 Å². The lowest BCUT2D eigenvalue weighted by Gasteiger charge is -2.23. The number of nitrogens with zero attached hydrogens (tertiary/aromatic N) is 1. The van der Waals surface area contributed by atoms with Gasteiger partial charge in [0, 0.05) is 18.1 Å². The van der Waals surface area contributed by atoms with E-state index < -0.39 is 6.10 Å². The van der Waals surface area contributed by atoms with Crippen LogP contribution in [0.15, 0.2) is 18.2 Å². The summed E-state index contributed by atoms with van der Waals surface area (Å²) in [5.74, 6) is 0.879. The maximum absolute atomic E-state index is 10.2. The third-order valence-electron chi connectivity index (χ3n) is 3.64. The fraction of sp³-hybridized carbons (Fsp3) is 0.688. The molecule has 2 rings (SSSR count). The summed E-state index contributed by atoms with van der Waals surface area (Å²) in [6.45, 7) is 6.78. The summed E-state index contributed by atoms with van der Waals surface area (Å²) in [5.41, 5.74) is 0.727. The molecule has 0 aliphatic heterocycles. The van der Waals surface area contributed by atoms with E-state index in [0.29, 0.717) is 12.6 Å². The monoisotopic (exact) mass is 277 g/mol. The highest BCUT2D eigenvalue weighted by atomic mass is 16.3. The third kappa shape index (κ3) is 4.76. The highest BCUT2D eigenvalue weighted by Crippen LogP contribution is 2.22. The maximum Gasteiger partial charge on any atom is 0.126 e.